The summed E-state index contributed by atoms with van der Waals surface area (Å²) in [6, 6.07) is 4.20. The highest BCUT2D eigenvalue weighted by Gasteiger charge is 2.15. The third kappa shape index (κ3) is 13.3. The quantitative estimate of drug-likeness (QED) is 0.217. The maximum Gasteiger partial charge on any atom is 0.313 e. The van der Waals surface area contributed by atoms with E-state index in [1.54, 1.807) is 0 Å². The fraction of sp³-hybridized carbons (Fsp3) is 0.385. The lowest BCUT2D eigenvalue weighted by Gasteiger charge is -2.17. The van der Waals surface area contributed by atoms with E-state index < -0.39 is 22.1 Å². The predicted molar refractivity (Wildman–Crippen MR) is 77.1 cm³/mol. The van der Waals surface area contributed by atoms with E-state index in [0.29, 0.717) is 11.6 Å². The van der Waals surface area contributed by atoms with E-state index in [1.807, 2.05) is 14.1 Å². The van der Waals surface area contributed by atoms with Crippen molar-refractivity contribution in [2.24, 2.45) is 0 Å². The Kier molecular flexibility index (Phi) is 10.3. The van der Waals surface area contributed by atoms with Crippen molar-refractivity contribution >= 4 is 29.1 Å². The highest BCUT2D eigenvalue weighted by atomic mass is 35.7. The van der Waals surface area contributed by atoms with Crippen molar-refractivity contribution in [3.8, 4) is 5.75 Å². The maximum absolute atomic E-state index is 11.6. The average molecular weight is 400 g/mol. The number of rotatable bonds is 5. The Morgan fingerprint density at radius 2 is 1.76 bits per heavy atom. The van der Waals surface area contributed by atoms with Gasteiger partial charge in [0.05, 0.1) is 26.3 Å². The van der Waals surface area contributed by atoms with Gasteiger partial charge in [0, 0.05) is 18.0 Å². The highest BCUT2D eigenvalue weighted by Crippen LogP contribution is 2.26. The summed E-state index contributed by atoms with van der Waals surface area (Å²) in [4.78, 5) is 24.4. The molecule has 0 aliphatic heterocycles. The zero-order valence-electron chi connectivity index (χ0n) is 13.5. The van der Waals surface area contributed by atoms with Gasteiger partial charge in [0.15, 0.2) is 0 Å². The van der Waals surface area contributed by atoms with Gasteiger partial charge >= 0.3 is 11.8 Å². The van der Waals surface area contributed by atoms with Crippen LogP contribution in [0.3, 0.4) is 0 Å². The van der Waals surface area contributed by atoms with Crippen molar-refractivity contribution in [3.63, 3.8) is 0 Å². The monoisotopic (exact) mass is 399 g/mol. The molecular weight excluding hydrogens is 381 g/mol. The first-order valence-electron chi connectivity index (χ1n) is 6.88. The molecule has 0 fully saturated rings. The molecule has 0 saturated carbocycles. The van der Waals surface area contributed by atoms with Crippen LogP contribution in [0.5, 0.6) is 5.75 Å². The first-order chi connectivity index (χ1) is 11.4. The van der Waals surface area contributed by atoms with Gasteiger partial charge in [-0.05, 0) is 18.2 Å². The van der Waals surface area contributed by atoms with E-state index in [1.165, 1.54) is 23.1 Å². The molecular formula is C13H19Cl2N3O7. The molecule has 12 heteroatoms. The Bertz CT molecular complexity index is 573. The molecule has 4 N–H and O–H groups in total. The second-order valence-corrected chi connectivity index (χ2v) is 6.25. The summed E-state index contributed by atoms with van der Waals surface area (Å²) in [7, 11) is -0.924. The number of quaternary nitrogens is 1. The van der Waals surface area contributed by atoms with Crippen LogP contribution in [-0.2, 0) is 9.59 Å². The van der Waals surface area contributed by atoms with Crippen molar-refractivity contribution < 1.29 is 48.5 Å². The zero-order chi connectivity index (χ0) is 19.6. The number of hydrogen-bond acceptors (Lipinski definition) is 7. The lowest BCUT2D eigenvalue weighted by molar-refractivity contribution is -2.00. The van der Waals surface area contributed by atoms with Gasteiger partial charge in [-0.1, -0.05) is 11.6 Å². The minimum absolute atomic E-state index is 0.107. The molecule has 0 bridgehead atoms. The number of nitrogens with one attached hydrogen (secondary N) is 3. The van der Waals surface area contributed by atoms with Crippen molar-refractivity contribution in [3.05, 3.63) is 23.2 Å². The molecule has 1 aromatic rings. The van der Waals surface area contributed by atoms with Gasteiger partial charge in [-0.3, -0.25) is 9.59 Å². The Balaban J connectivity index is 0.00000101. The number of amides is 2. The van der Waals surface area contributed by atoms with Crippen LogP contribution in [0.4, 0.5) is 5.69 Å². The van der Waals surface area contributed by atoms with Gasteiger partial charge in [-0.2, -0.15) is 0 Å². The molecule has 0 spiro atoms. The second kappa shape index (κ2) is 11.1. The van der Waals surface area contributed by atoms with Crippen molar-refractivity contribution in [2.45, 2.75) is 6.42 Å². The average Bonchev–Trinajstić information content (AvgIpc) is 2.45. The third-order valence-electron chi connectivity index (χ3n) is 2.55. The molecule has 0 heterocycles. The summed E-state index contributed by atoms with van der Waals surface area (Å²) in [5.41, 5.74) is 0.107. The van der Waals surface area contributed by atoms with E-state index in [9.17, 15) is 14.7 Å². The van der Waals surface area contributed by atoms with Crippen molar-refractivity contribution in [2.75, 3.05) is 32.5 Å². The van der Waals surface area contributed by atoms with Crippen LogP contribution in [0.2, 0.25) is 5.02 Å². The number of benzene rings is 1. The number of aromatic hydroxyl groups is 1. The van der Waals surface area contributed by atoms with Gasteiger partial charge in [0.25, 0.3) is 0 Å². The van der Waals surface area contributed by atoms with Gasteiger partial charge in [0.1, 0.15) is 5.75 Å². The Hall–Kier alpha value is -1.66. The van der Waals surface area contributed by atoms with Crippen LogP contribution in [0.15, 0.2) is 18.2 Å². The molecule has 0 aromatic heterocycles. The number of carbonyl (C=O) groups is 2. The first kappa shape index (κ1) is 23.3. The SMILES string of the molecule is C[NH+](C)CCCNC(=O)C(=O)Nc1cc(Cl)ccc1O.[O-][Cl+3]([O-])([O-])[O-]. The summed E-state index contributed by atoms with van der Waals surface area (Å²) in [6.45, 7) is 1.33. The summed E-state index contributed by atoms with van der Waals surface area (Å²) < 4.78 is 34.0. The molecule has 0 unspecified atom stereocenters. The number of halogens is 2. The normalized spacial score (nSPS) is 10.7. The number of hydrogen-bond donors (Lipinski definition) is 4. The van der Waals surface area contributed by atoms with Gasteiger partial charge in [0.2, 0.25) is 0 Å². The smallest absolute Gasteiger partial charge is 0.313 e. The molecule has 0 saturated heterocycles. The molecule has 2 amide bonds. The summed E-state index contributed by atoms with van der Waals surface area (Å²) in [5.74, 6) is -1.72. The van der Waals surface area contributed by atoms with E-state index in [-0.39, 0.29) is 11.4 Å². The lowest BCUT2D eigenvalue weighted by Crippen LogP contribution is -3.05. The number of phenolic OH excluding ortho intramolecular Hbond substituents is 1. The molecule has 0 radical (unpaired) electrons. The molecule has 0 atom stereocenters. The minimum atomic E-state index is -4.94. The van der Waals surface area contributed by atoms with Gasteiger partial charge in [-0.15, -0.1) is 10.2 Å². The van der Waals surface area contributed by atoms with Gasteiger partial charge in [-0.25, -0.2) is 18.6 Å². The standard InChI is InChI=1S/C13H18ClN3O3.ClHO4/c1-17(2)7-3-6-15-12(19)13(20)16-10-8-9(14)4-5-11(10)18;2-1(3,4)5/h4-5,8,18H,3,6-7H2,1-2H3,(H,15,19)(H,16,20);(H,2,3,4,5). The first-order valence-corrected chi connectivity index (χ1v) is 8.50. The Morgan fingerprint density at radius 3 is 2.28 bits per heavy atom. The van der Waals surface area contributed by atoms with Gasteiger partial charge < -0.3 is 20.6 Å². The van der Waals surface area contributed by atoms with Crippen LogP contribution < -0.4 is 34.2 Å². The molecule has 10 nitrogen and oxygen atoms in total. The Morgan fingerprint density at radius 1 is 1.20 bits per heavy atom. The molecule has 142 valence electrons. The van der Waals surface area contributed by atoms with Crippen molar-refractivity contribution in [1.82, 2.24) is 5.32 Å². The van der Waals surface area contributed by atoms with Crippen LogP contribution in [0.1, 0.15) is 6.42 Å². The number of phenols is 1. The van der Waals surface area contributed by atoms with E-state index in [4.69, 9.17) is 30.2 Å². The number of carbonyl (C=O) groups excluding carboxylic acids is 2. The molecule has 0 aliphatic rings. The number of anilines is 1. The van der Waals surface area contributed by atoms with E-state index in [2.05, 4.69) is 10.6 Å². The van der Waals surface area contributed by atoms with E-state index >= 15 is 0 Å². The van der Waals surface area contributed by atoms with Crippen LogP contribution in [0.25, 0.3) is 0 Å². The van der Waals surface area contributed by atoms with Crippen LogP contribution in [-0.4, -0.2) is 44.1 Å². The Labute approximate surface area is 151 Å². The molecule has 1 rings (SSSR count). The fourth-order valence-corrected chi connectivity index (χ4v) is 1.68. The zero-order valence-corrected chi connectivity index (χ0v) is 15.0. The largest absolute Gasteiger partial charge is 0.506 e. The lowest BCUT2D eigenvalue weighted by atomic mass is 10.3. The minimum Gasteiger partial charge on any atom is -0.506 e. The molecule has 25 heavy (non-hydrogen) atoms. The second-order valence-electron chi connectivity index (χ2n) is 5.06. The summed E-state index contributed by atoms with van der Waals surface area (Å²) in [6.07, 6.45) is 0.782. The fourth-order valence-electron chi connectivity index (χ4n) is 1.51. The van der Waals surface area contributed by atoms with Crippen LogP contribution >= 0.6 is 11.6 Å². The van der Waals surface area contributed by atoms with Crippen molar-refractivity contribution in [1.29, 1.82) is 0 Å². The molecule has 1 aromatic carbocycles. The maximum atomic E-state index is 11.6. The van der Waals surface area contributed by atoms with Crippen LogP contribution in [0, 0.1) is 10.2 Å². The third-order valence-corrected chi connectivity index (χ3v) is 2.79. The highest BCUT2D eigenvalue weighted by molar-refractivity contribution is 6.40. The summed E-state index contributed by atoms with van der Waals surface area (Å²) in [5, 5.41) is 14.7. The molecule has 0 aliphatic carbocycles. The summed E-state index contributed by atoms with van der Waals surface area (Å²) >= 11 is 5.75. The topological polar surface area (TPSA) is 175 Å². The predicted octanol–water partition coefficient (Wildman–Crippen LogP) is -5.12. The van der Waals surface area contributed by atoms with E-state index in [0.717, 1.165) is 13.0 Å².